The molecule has 3 heterocycles. The Bertz CT molecular complexity index is 808. The Morgan fingerprint density at radius 1 is 1.41 bits per heavy atom. The number of aromatic carboxylic acids is 1. The van der Waals surface area contributed by atoms with Gasteiger partial charge in [0.05, 0.1) is 0 Å². The maximum Gasteiger partial charge on any atom is 0.356 e. The Balaban J connectivity index is 1.92. The molecule has 0 aromatic carbocycles. The number of aryl methyl sites for hydroxylation is 1. The Morgan fingerprint density at radius 2 is 2.27 bits per heavy atom. The number of carboxylic acid groups (broad SMARTS) is 1. The van der Waals surface area contributed by atoms with Crippen molar-refractivity contribution in [2.75, 3.05) is 0 Å². The van der Waals surface area contributed by atoms with E-state index in [1.165, 1.54) is 17.1 Å². The summed E-state index contributed by atoms with van der Waals surface area (Å²) < 4.78 is 6.75. The third kappa shape index (κ3) is 2.71. The van der Waals surface area contributed by atoms with E-state index in [4.69, 9.17) is 9.63 Å². The summed E-state index contributed by atoms with van der Waals surface area (Å²) in [7, 11) is 0. The zero-order valence-corrected chi connectivity index (χ0v) is 11.8. The van der Waals surface area contributed by atoms with E-state index in [0.29, 0.717) is 23.1 Å². The summed E-state index contributed by atoms with van der Waals surface area (Å²) in [6.07, 6.45) is 6.07. The van der Waals surface area contributed by atoms with Crippen LogP contribution in [0.3, 0.4) is 0 Å². The van der Waals surface area contributed by atoms with Crippen molar-refractivity contribution in [2.24, 2.45) is 0 Å². The number of hydrogen-bond acceptors (Lipinski definition) is 6. The van der Waals surface area contributed by atoms with Crippen LogP contribution in [-0.4, -0.2) is 35.8 Å². The van der Waals surface area contributed by atoms with Crippen LogP contribution in [-0.2, 0) is 6.42 Å². The van der Waals surface area contributed by atoms with Crippen LogP contribution in [0.1, 0.15) is 29.7 Å². The molecular formula is C14H13N5O3. The molecule has 0 unspecified atom stereocenters. The zero-order chi connectivity index (χ0) is 15.5. The SMILES string of the molecule is CCCc1noc(-c2ccnc(-n3cnc(C(=O)O)c3)c2)n1. The van der Waals surface area contributed by atoms with Crippen LogP contribution in [0.2, 0.25) is 0 Å². The van der Waals surface area contributed by atoms with Crippen LogP contribution < -0.4 is 0 Å². The lowest BCUT2D eigenvalue weighted by Gasteiger charge is -2.01. The third-order valence-electron chi connectivity index (χ3n) is 3.00. The molecule has 3 aromatic rings. The van der Waals surface area contributed by atoms with Crippen LogP contribution >= 0.6 is 0 Å². The van der Waals surface area contributed by atoms with Crippen molar-refractivity contribution in [3.05, 3.63) is 42.4 Å². The van der Waals surface area contributed by atoms with Crippen LogP contribution in [0.5, 0.6) is 0 Å². The van der Waals surface area contributed by atoms with Gasteiger partial charge in [-0.15, -0.1) is 0 Å². The summed E-state index contributed by atoms with van der Waals surface area (Å²) in [4.78, 5) is 23.2. The molecule has 0 aliphatic rings. The van der Waals surface area contributed by atoms with Gasteiger partial charge in [-0.2, -0.15) is 4.98 Å². The number of aromatic nitrogens is 5. The second-order valence-electron chi connectivity index (χ2n) is 4.64. The molecule has 0 spiro atoms. The monoisotopic (exact) mass is 299 g/mol. The molecule has 112 valence electrons. The van der Waals surface area contributed by atoms with Crippen molar-refractivity contribution in [3.8, 4) is 17.3 Å². The highest BCUT2D eigenvalue weighted by Crippen LogP contribution is 2.19. The van der Waals surface area contributed by atoms with Crippen molar-refractivity contribution in [1.29, 1.82) is 0 Å². The van der Waals surface area contributed by atoms with E-state index in [-0.39, 0.29) is 5.69 Å². The first-order valence-corrected chi connectivity index (χ1v) is 6.74. The molecule has 8 heteroatoms. The summed E-state index contributed by atoms with van der Waals surface area (Å²) in [5, 5.41) is 12.8. The van der Waals surface area contributed by atoms with Crippen LogP contribution in [0.15, 0.2) is 35.4 Å². The topological polar surface area (TPSA) is 107 Å². The predicted octanol–water partition coefficient (Wildman–Crippen LogP) is 1.97. The Hall–Kier alpha value is -3.03. The van der Waals surface area contributed by atoms with Gasteiger partial charge >= 0.3 is 5.97 Å². The zero-order valence-electron chi connectivity index (χ0n) is 11.8. The first-order chi connectivity index (χ1) is 10.7. The van der Waals surface area contributed by atoms with Crippen LogP contribution in [0.4, 0.5) is 0 Å². The molecule has 8 nitrogen and oxygen atoms in total. The van der Waals surface area contributed by atoms with Crippen LogP contribution in [0, 0.1) is 0 Å². The summed E-state index contributed by atoms with van der Waals surface area (Å²) >= 11 is 0. The van der Waals surface area contributed by atoms with Gasteiger partial charge in [0.1, 0.15) is 12.1 Å². The van der Waals surface area contributed by atoms with E-state index in [2.05, 4.69) is 20.1 Å². The minimum absolute atomic E-state index is 0.0461. The number of rotatable bonds is 5. The Labute approximate surface area is 125 Å². The summed E-state index contributed by atoms with van der Waals surface area (Å²) in [5.41, 5.74) is 0.667. The molecule has 3 rings (SSSR count). The molecule has 3 aromatic heterocycles. The van der Waals surface area contributed by atoms with E-state index < -0.39 is 5.97 Å². The van der Waals surface area contributed by atoms with Gasteiger partial charge in [-0.25, -0.2) is 14.8 Å². The van der Waals surface area contributed by atoms with E-state index >= 15 is 0 Å². The summed E-state index contributed by atoms with van der Waals surface area (Å²) in [5.74, 6) is 0.501. The number of hydrogen-bond donors (Lipinski definition) is 1. The average Bonchev–Trinajstić information content (AvgIpc) is 3.17. The molecule has 0 radical (unpaired) electrons. The number of carbonyl (C=O) groups is 1. The maximum atomic E-state index is 10.9. The molecule has 0 aliphatic heterocycles. The first-order valence-electron chi connectivity index (χ1n) is 6.74. The molecule has 22 heavy (non-hydrogen) atoms. The average molecular weight is 299 g/mol. The van der Waals surface area contributed by atoms with E-state index in [1.54, 1.807) is 18.3 Å². The van der Waals surface area contributed by atoms with Crippen molar-refractivity contribution >= 4 is 5.97 Å². The fourth-order valence-electron chi connectivity index (χ4n) is 1.95. The van der Waals surface area contributed by atoms with Gasteiger partial charge in [-0.05, 0) is 18.6 Å². The molecule has 0 saturated carbocycles. The van der Waals surface area contributed by atoms with E-state index in [9.17, 15) is 4.79 Å². The van der Waals surface area contributed by atoms with Gasteiger partial charge < -0.3 is 9.63 Å². The number of nitrogens with zero attached hydrogens (tertiary/aromatic N) is 5. The van der Waals surface area contributed by atoms with E-state index in [0.717, 1.165) is 12.8 Å². The third-order valence-corrected chi connectivity index (χ3v) is 3.00. The largest absolute Gasteiger partial charge is 0.476 e. The molecular weight excluding hydrogens is 286 g/mol. The fourth-order valence-corrected chi connectivity index (χ4v) is 1.95. The second-order valence-corrected chi connectivity index (χ2v) is 4.64. The molecule has 0 saturated heterocycles. The highest BCUT2D eigenvalue weighted by Gasteiger charge is 2.12. The number of imidazole rings is 1. The standard InChI is InChI=1S/C14H13N5O3/c1-2-3-11-17-13(22-18-11)9-4-5-15-12(6-9)19-7-10(14(20)21)16-8-19/h4-8H,2-3H2,1H3,(H,20,21). The quantitative estimate of drug-likeness (QED) is 0.767. The molecule has 0 amide bonds. The predicted molar refractivity (Wildman–Crippen MR) is 75.6 cm³/mol. The van der Waals surface area contributed by atoms with Gasteiger partial charge in [0, 0.05) is 24.4 Å². The van der Waals surface area contributed by atoms with Gasteiger partial charge in [-0.1, -0.05) is 12.1 Å². The highest BCUT2D eigenvalue weighted by atomic mass is 16.5. The summed E-state index contributed by atoms with van der Waals surface area (Å²) in [6.45, 7) is 2.04. The minimum atomic E-state index is -1.09. The smallest absolute Gasteiger partial charge is 0.356 e. The lowest BCUT2D eigenvalue weighted by molar-refractivity contribution is 0.0691. The molecule has 0 fully saturated rings. The molecule has 0 bridgehead atoms. The van der Waals surface area contributed by atoms with Crippen molar-refractivity contribution in [2.45, 2.75) is 19.8 Å². The summed E-state index contributed by atoms with van der Waals surface area (Å²) in [6, 6.07) is 3.48. The van der Waals surface area contributed by atoms with Crippen molar-refractivity contribution in [3.63, 3.8) is 0 Å². The fraction of sp³-hybridized carbons (Fsp3) is 0.214. The lowest BCUT2D eigenvalue weighted by Crippen LogP contribution is -1.97. The van der Waals surface area contributed by atoms with Gasteiger partial charge in [-0.3, -0.25) is 4.57 Å². The number of carboxylic acids is 1. The Kier molecular flexibility index (Phi) is 3.65. The minimum Gasteiger partial charge on any atom is -0.476 e. The van der Waals surface area contributed by atoms with Gasteiger partial charge in [0.2, 0.25) is 0 Å². The van der Waals surface area contributed by atoms with Gasteiger partial charge in [0.25, 0.3) is 5.89 Å². The molecule has 1 N–H and O–H groups in total. The highest BCUT2D eigenvalue weighted by molar-refractivity contribution is 5.85. The normalized spacial score (nSPS) is 10.8. The second kappa shape index (κ2) is 5.76. The first kappa shape index (κ1) is 13.9. The van der Waals surface area contributed by atoms with E-state index in [1.807, 2.05) is 6.92 Å². The van der Waals surface area contributed by atoms with Crippen LogP contribution in [0.25, 0.3) is 17.3 Å². The maximum absolute atomic E-state index is 10.9. The van der Waals surface area contributed by atoms with Crippen molar-refractivity contribution in [1.82, 2.24) is 24.7 Å². The lowest BCUT2D eigenvalue weighted by atomic mass is 10.2. The Morgan fingerprint density at radius 3 is 3.00 bits per heavy atom. The van der Waals surface area contributed by atoms with Gasteiger partial charge in [0.15, 0.2) is 11.5 Å². The molecule has 0 aliphatic carbocycles. The molecule has 0 atom stereocenters. The van der Waals surface area contributed by atoms with Crippen molar-refractivity contribution < 1.29 is 14.4 Å². The number of pyridine rings is 1.